The molecule has 3 rings (SSSR count). The summed E-state index contributed by atoms with van der Waals surface area (Å²) in [5, 5.41) is 4.05. The van der Waals surface area contributed by atoms with Crippen LogP contribution in [0.25, 0.3) is 10.8 Å². The van der Waals surface area contributed by atoms with Crippen molar-refractivity contribution in [3.05, 3.63) is 60.4 Å². The lowest BCUT2D eigenvalue weighted by atomic mass is 10.1. The standard InChI is InChI=1S/C24H29N3O6S/c1-31-14-13-27(34(29,30)23-6-4-5-19-16-25-11-10-20(19)23)17-24(28)26-12-9-18-7-8-21(32-2)22(15-18)33-3/h4-8,10-11,15-16H,9,12-14,17H2,1-3H3,(H,26,28). The highest BCUT2D eigenvalue weighted by atomic mass is 32.2. The van der Waals surface area contributed by atoms with Crippen LogP contribution >= 0.6 is 0 Å². The number of amides is 1. The second kappa shape index (κ2) is 11.8. The molecular formula is C24H29N3O6S. The fraction of sp³-hybridized carbons (Fsp3) is 0.333. The lowest BCUT2D eigenvalue weighted by Gasteiger charge is -2.22. The van der Waals surface area contributed by atoms with Crippen molar-refractivity contribution in [2.45, 2.75) is 11.3 Å². The number of hydrogen-bond donors (Lipinski definition) is 1. The van der Waals surface area contributed by atoms with Gasteiger partial charge >= 0.3 is 0 Å². The van der Waals surface area contributed by atoms with Gasteiger partial charge in [0, 0.05) is 43.4 Å². The van der Waals surface area contributed by atoms with Gasteiger partial charge in [0.05, 0.1) is 32.3 Å². The average Bonchev–Trinajstić information content (AvgIpc) is 2.85. The number of methoxy groups -OCH3 is 3. The molecule has 0 radical (unpaired) electrons. The summed E-state index contributed by atoms with van der Waals surface area (Å²) >= 11 is 0. The van der Waals surface area contributed by atoms with Crippen LogP contribution in [0.4, 0.5) is 0 Å². The number of carbonyl (C=O) groups is 1. The van der Waals surface area contributed by atoms with Gasteiger partial charge in [-0.2, -0.15) is 4.31 Å². The highest BCUT2D eigenvalue weighted by Gasteiger charge is 2.28. The second-order valence-corrected chi connectivity index (χ2v) is 9.38. The number of fused-ring (bicyclic) bond motifs is 1. The molecule has 1 aromatic heterocycles. The summed E-state index contributed by atoms with van der Waals surface area (Å²) in [6.45, 7) is 0.222. The van der Waals surface area contributed by atoms with Gasteiger partial charge in [0.1, 0.15) is 0 Å². The Bertz CT molecular complexity index is 1230. The van der Waals surface area contributed by atoms with E-state index in [4.69, 9.17) is 14.2 Å². The molecule has 1 amide bonds. The normalized spacial score (nSPS) is 11.5. The fourth-order valence-electron chi connectivity index (χ4n) is 3.53. The Hall–Kier alpha value is -3.21. The summed E-state index contributed by atoms with van der Waals surface area (Å²) in [5.41, 5.74) is 0.950. The highest BCUT2D eigenvalue weighted by Crippen LogP contribution is 2.28. The van der Waals surface area contributed by atoms with E-state index in [0.29, 0.717) is 35.2 Å². The van der Waals surface area contributed by atoms with Crippen molar-refractivity contribution < 1.29 is 27.4 Å². The minimum Gasteiger partial charge on any atom is -0.493 e. The third kappa shape index (κ3) is 6.02. The Morgan fingerprint density at radius 3 is 2.59 bits per heavy atom. The molecule has 34 heavy (non-hydrogen) atoms. The van der Waals surface area contributed by atoms with Gasteiger partial charge < -0.3 is 19.5 Å². The van der Waals surface area contributed by atoms with Crippen LogP contribution < -0.4 is 14.8 Å². The average molecular weight is 488 g/mol. The van der Waals surface area contributed by atoms with Crippen LogP contribution in [0.15, 0.2) is 59.8 Å². The molecule has 182 valence electrons. The largest absolute Gasteiger partial charge is 0.493 e. The molecule has 1 N–H and O–H groups in total. The van der Waals surface area contributed by atoms with Crippen molar-refractivity contribution in [3.63, 3.8) is 0 Å². The molecule has 0 aliphatic heterocycles. The third-order valence-electron chi connectivity index (χ3n) is 5.31. The topological polar surface area (TPSA) is 107 Å². The quantitative estimate of drug-likeness (QED) is 0.418. The van der Waals surface area contributed by atoms with Crippen LogP contribution in [-0.2, 0) is 26.0 Å². The molecule has 2 aromatic carbocycles. The summed E-state index contributed by atoms with van der Waals surface area (Å²) in [4.78, 5) is 16.8. The van der Waals surface area contributed by atoms with Gasteiger partial charge in [0.15, 0.2) is 11.5 Å². The first kappa shape index (κ1) is 25.4. The van der Waals surface area contributed by atoms with Crippen molar-refractivity contribution >= 4 is 26.7 Å². The maximum atomic E-state index is 13.5. The van der Waals surface area contributed by atoms with E-state index >= 15 is 0 Å². The predicted molar refractivity (Wildman–Crippen MR) is 129 cm³/mol. The van der Waals surface area contributed by atoms with E-state index in [9.17, 15) is 13.2 Å². The first-order valence-electron chi connectivity index (χ1n) is 10.7. The number of carbonyl (C=O) groups excluding carboxylic acids is 1. The molecule has 9 nitrogen and oxygen atoms in total. The molecule has 0 atom stereocenters. The number of nitrogens with zero attached hydrogens (tertiary/aromatic N) is 2. The number of ether oxygens (including phenoxy) is 3. The van der Waals surface area contributed by atoms with E-state index in [1.165, 1.54) is 13.2 Å². The molecular weight excluding hydrogens is 458 g/mol. The molecule has 0 fully saturated rings. The molecule has 0 saturated heterocycles. The van der Waals surface area contributed by atoms with Crippen molar-refractivity contribution in [1.29, 1.82) is 0 Å². The van der Waals surface area contributed by atoms with Crippen LogP contribution in [0.3, 0.4) is 0 Å². The van der Waals surface area contributed by atoms with Crippen molar-refractivity contribution in [2.24, 2.45) is 0 Å². The number of nitrogens with one attached hydrogen (secondary N) is 1. The predicted octanol–water partition coefficient (Wildman–Crippen LogP) is 2.25. The van der Waals surface area contributed by atoms with E-state index in [0.717, 1.165) is 9.87 Å². The van der Waals surface area contributed by atoms with Gasteiger partial charge in [-0.1, -0.05) is 18.2 Å². The number of hydrogen-bond acceptors (Lipinski definition) is 7. The summed E-state index contributed by atoms with van der Waals surface area (Å²) in [5.74, 6) is 0.828. The monoisotopic (exact) mass is 487 g/mol. The van der Waals surface area contributed by atoms with E-state index in [1.807, 2.05) is 12.1 Å². The number of aromatic nitrogens is 1. The van der Waals surface area contributed by atoms with Crippen molar-refractivity contribution in [3.8, 4) is 11.5 Å². The van der Waals surface area contributed by atoms with E-state index < -0.39 is 15.9 Å². The molecule has 0 bridgehead atoms. The number of rotatable bonds is 12. The minimum atomic E-state index is -3.95. The van der Waals surface area contributed by atoms with Gasteiger partial charge in [0.2, 0.25) is 15.9 Å². The summed E-state index contributed by atoms with van der Waals surface area (Å²) in [6, 6.07) is 12.2. The van der Waals surface area contributed by atoms with Crippen LogP contribution in [0, 0.1) is 0 Å². The third-order valence-corrected chi connectivity index (χ3v) is 7.21. The van der Waals surface area contributed by atoms with Crippen LogP contribution in [0.2, 0.25) is 0 Å². The lowest BCUT2D eigenvalue weighted by Crippen LogP contribution is -2.42. The molecule has 1 heterocycles. The Kier molecular flexibility index (Phi) is 8.80. The highest BCUT2D eigenvalue weighted by molar-refractivity contribution is 7.89. The molecule has 3 aromatic rings. The Morgan fingerprint density at radius 1 is 1.06 bits per heavy atom. The van der Waals surface area contributed by atoms with E-state index in [2.05, 4.69) is 10.3 Å². The molecule has 10 heteroatoms. The van der Waals surface area contributed by atoms with Crippen LogP contribution in [0.1, 0.15) is 5.56 Å². The van der Waals surface area contributed by atoms with E-state index in [-0.39, 0.29) is 24.6 Å². The maximum Gasteiger partial charge on any atom is 0.244 e. The van der Waals surface area contributed by atoms with Gasteiger partial charge in [-0.25, -0.2) is 8.42 Å². The smallest absolute Gasteiger partial charge is 0.244 e. The zero-order chi connectivity index (χ0) is 24.6. The van der Waals surface area contributed by atoms with Gasteiger partial charge in [-0.3, -0.25) is 9.78 Å². The van der Waals surface area contributed by atoms with Crippen LogP contribution in [-0.4, -0.2) is 71.2 Å². The number of pyridine rings is 1. The first-order chi connectivity index (χ1) is 16.4. The van der Waals surface area contributed by atoms with Crippen molar-refractivity contribution in [2.75, 3.05) is 47.6 Å². The number of sulfonamides is 1. The molecule has 0 aliphatic carbocycles. The first-order valence-corrected chi connectivity index (χ1v) is 12.1. The van der Waals surface area contributed by atoms with Gasteiger partial charge in [-0.15, -0.1) is 0 Å². The summed E-state index contributed by atoms with van der Waals surface area (Å²) < 4.78 is 43.7. The molecule has 0 spiro atoms. The number of benzene rings is 2. The fourth-order valence-corrected chi connectivity index (χ4v) is 5.13. The lowest BCUT2D eigenvalue weighted by molar-refractivity contribution is -0.121. The van der Waals surface area contributed by atoms with Gasteiger partial charge in [0.25, 0.3) is 0 Å². The molecule has 0 aliphatic rings. The Balaban J connectivity index is 1.70. The zero-order valence-electron chi connectivity index (χ0n) is 19.5. The maximum absolute atomic E-state index is 13.5. The Morgan fingerprint density at radius 2 is 1.85 bits per heavy atom. The zero-order valence-corrected chi connectivity index (χ0v) is 20.3. The van der Waals surface area contributed by atoms with Crippen molar-refractivity contribution in [1.82, 2.24) is 14.6 Å². The molecule has 0 unspecified atom stereocenters. The van der Waals surface area contributed by atoms with Gasteiger partial charge in [-0.05, 0) is 36.2 Å². The minimum absolute atomic E-state index is 0.0450. The van der Waals surface area contributed by atoms with Crippen LogP contribution in [0.5, 0.6) is 11.5 Å². The summed E-state index contributed by atoms with van der Waals surface area (Å²) in [7, 11) is 0.655. The summed E-state index contributed by atoms with van der Waals surface area (Å²) in [6.07, 6.45) is 3.70. The Labute approximate surface area is 199 Å². The second-order valence-electron chi connectivity index (χ2n) is 7.47. The SMILES string of the molecule is COCCN(CC(=O)NCCc1ccc(OC)c(OC)c1)S(=O)(=O)c1cccc2cnccc12. The molecule has 0 saturated carbocycles. The van der Waals surface area contributed by atoms with E-state index in [1.54, 1.807) is 50.9 Å².